The topological polar surface area (TPSA) is 77.4 Å². The van der Waals surface area contributed by atoms with Crippen molar-refractivity contribution in [3.8, 4) is 0 Å². The highest BCUT2D eigenvalue weighted by Gasteiger charge is 2.16. The van der Waals surface area contributed by atoms with Crippen LogP contribution in [0.1, 0.15) is 18.7 Å². The van der Waals surface area contributed by atoms with Crippen LogP contribution in [0.4, 0.5) is 0 Å². The minimum atomic E-state index is -0.599. The summed E-state index contributed by atoms with van der Waals surface area (Å²) in [5.41, 5.74) is 0.875. The number of oxazole rings is 1. The molecule has 2 heterocycles. The monoisotopic (exact) mass is 320 g/mol. The molecule has 0 aliphatic heterocycles. The summed E-state index contributed by atoms with van der Waals surface area (Å²) < 4.78 is 11.6. The van der Waals surface area contributed by atoms with E-state index in [1.54, 1.807) is 31.2 Å². The SMILES string of the molecule is C[C@H](NC(=O)Cn1c(=O)oc2cc(Cl)ccc21)c1ccco1. The number of carbonyl (C=O) groups is 1. The van der Waals surface area contributed by atoms with Gasteiger partial charge in [-0.1, -0.05) is 11.6 Å². The second-order valence-electron chi connectivity index (χ2n) is 4.87. The highest BCUT2D eigenvalue weighted by Crippen LogP contribution is 2.18. The highest BCUT2D eigenvalue weighted by molar-refractivity contribution is 6.31. The molecule has 1 N–H and O–H groups in total. The third kappa shape index (κ3) is 2.78. The van der Waals surface area contributed by atoms with Crippen LogP contribution in [0.3, 0.4) is 0 Å². The Bertz CT molecular complexity index is 863. The summed E-state index contributed by atoms with van der Waals surface area (Å²) in [6.07, 6.45) is 1.54. The van der Waals surface area contributed by atoms with Crippen molar-refractivity contribution in [2.24, 2.45) is 0 Å². The van der Waals surface area contributed by atoms with Crippen molar-refractivity contribution in [3.05, 3.63) is 57.9 Å². The minimum absolute atomic E-state index is 0.140. The van der Waals surface area contributed by atoms with Gasteiger partial charge in [-0.3, -0.25) is 9.36 Å². The fourth-order valence-corrected chi connectivity index (χ4v) is 2.39. The highest BCUT2D eigenvalue weighted by atomic mass is 35.5. The lowest BCUT2D eigenvalue weighted by atomic mass is 10.2. The van der Waals surface area contributed by atoms with Crippen LogP contribution in [0.25, 0.3) is 11.1 Å². The quantitative estimate of drug-likeness (QED) is 0.801. The lowest BCUT2D eigenvalue weighted by molar-refractivity contribution is -0.122. The van der Waals surface area contributed by atoms with Crippen LogP contribution in [-0.4, -0.2) is 10.5 Å². The van der Waals surface area contributed by atoms with Crippen LogP contribution in [-0.2, 0) is 11.3 Å². The molecule has 1 atom stereocenters. The fourth-order valence-electron chi connectivity index (χ4n) is 2.23. The first-order chi connectivity index (χ1) is 10.5. The van der Waals surface area contributed by atoms with Crippen molar-refractivity contribution in [2.45, 2.75) is 19.5 Å². The number of hydrogen-bond donors (Lipinski definition) is 1. The van der Waals surface area contributed by atoms with E-state index in [0.29, 0.717) is 21.9 Å². The number of furan rings is 1. The number of benzene rings is 1. The number of aromatic nitrogens is 1. The molecule has 1 aromatic carbocycles. The predicted octanol–water partition coefficient (Wildman–Crippen LogP) is 2.72. The molecular formula is C15H13ClN2O4. The normalized spacial score (nSPS) is 12.5. The Hall–Kier alpha value is -2.47. The summed E-state index contributed by atoms with van der Waals surface area (Å²) in [5, 5.41) is 3.23. The van der Waals surface area contributed by atoms with E-state index < -0.39 is 5.76 Å². The number of fused-ring (bicyclic) bond motifs is 1. The fraction of sp³-hybridized carbons (Fsp3) is 0.200. The number of nitrogens with one attached hydrogen (secondary N) is 1. The summed E-state index contributed by atoms with van der Waals surface area (Å²) >= 11 is 5.85. The minimum Gasteiger partial charge on any atom is -0.467 e. The molecule has 7 heteroatoms. The van der Waals surface area contributed by atoms with E-state index in [-0.39, 0.29) is 18.5 Å². The van der Waals surface area contributed by atoms with Gasteiger partial charge in [-0.25, -0.2) is 4.79 Å². The zero-order chi connectivity index (χ0) is 15.7. The van der Waals surface area contributed by atoms with Gasteiger partial charge < -0.3 is 14.2 Å². The summed E-state index contributed by atoms with van der Waals surface area (Å²) in [6, 6.07) is 8.05. The van der Waals surface area contributed by atoms with E-state index in [4.69, 9.17) is 20.4 Å². The summed E-state index contributed by atoms with van der Waals surface area (Å²) in [7, 11) is 0. The Morgan fingerprint density at radius 2 is 2.23 bits per heavy atom. The molecule has 0 saturated heterocycles. The van der Waals surface area contributed by atoms with Gasteiger partial charge in [-0.05, 0) is 31.2 Å². The average Bonchev–Trinajstić information content (AvgIpc) is 3.08. The molecule has 22 heavy (non-hydrogen) atoms. The largest absolute Gasteiger partial charge is 0.467 e. The van der Waals surface area contributed by atoms with Crippen LogP contribution in [0, 0.1) is 0 Å². The Labute approximate surface area is 130 Å². The van der Waals surface area contributed by atoms with Crippen LogP contribution >= 0.6 is 11.6 Å². The van der Waals surface area contributed by atoms with E-state index in [2.05, 4.69) is 5.32 Å². The smallest absolute Gasteiger partial charge is 0.420 e. The first-order valence-electron chi connectivity index (χ1n) is 6.66. The number of hydrogen-bond acceptors (Lipinski definition) is 4. The van der Waals surface area contributed by atoms with Gasteiger partial charge in [0.2, 0.25) is 5.91 Å². The second-order valence-corrected chi connectivity index (χ2v) is 5.31. The molecule has 0 saturated carbocycles. The van der Waals surface area contributed by atoms with Gasteiger partial charge in [0, 0.05) is 11.1 Å². The van der Waals surface area contributed by atoms with E-state index in [9.17, 15) is 9.59 Å². The van der Waals surface area contributed by atoms with E-state index in [1.807, 2.05) is 0 Å². The number of carbonyl (C=O) groups excluding carboxylic acids is 1. The van der Waals surface area contributed by atoms with Crippen molar-refractivity contribution < 1.29 is 13.6 Å². The molecule has 0 fully saturated rings. The van der Waals surface area contributed by atoms with Gasteiger partial charge >= 0.3 is 5.76 Å². The maximum atomic E-state index is 12.1. The lowest BCUT2D eigenvalue weighted by Gasteiger charge is -2.11. The second kappa shape index (κ2) is 5.73. The molecule has 0 spiro atoms. The van der Waals surface area contributed by atoms with Crippen molar-refractivity contribution in [1.82, 2.24) is 9.88 Å². The molecule has 3 aromatic rings. The molecule has 0 aliphatic rings. The molecule has 6 nitrogen and oxygen atoms in total. The van der Waals surface area contributed by atoms with Gasteiger partial charge in [0.15, 0.2) is 5.58 Å². The van der Waals surface area contributed by atoms with E-state index in [1.165, 1.54) is 16.9 Å². The first-order valence-corrected chi connectivity index (χ1v) is 7.04. The van der Waals surface area contributed by atoms with Gasteiger partial charge in [0.25, 0.3) is 0 Å². The Kier molecular flexibility index (Phi) is 3.77. The summed E-state index contributed by atoms with van der Waals surface area (Å²) in [6.45, 7) is 1.66. The number of amides is 1. The molecule has 114 valence electrons. The number of halogens is 1. The summed E-state index contributed by atoms with van der Waals surface area (Å²) in [4.78, 5) is 24.0. The van der Waals surface area contributed by atoms with Crippen molar-refractivity contribution in [1.29, 1.82) is 0 Å². The zero-order valence-electron chi connectivity index (χ0n) is 11.7. The standard InChI is InChI=1S/C15H13ClN2O4/c1-9(12-3-2-6-21-12)17-14(19)8-18-11-5-4-10(16)7-13(11)22-15(18)20/h2-7,9H,8H2,1H3,(H,17,19)/t9-/m0/s1. The third-order valence-electron chi connectivity index (χ3n) is 3.28. The molecular weight excluding hydrogens is 308 g/mol. The van der Waals surface area contributed by atoms with E-state index >= 15 is 0 Å². The van der Waals surface area contributed by atoms with Crippen molar-refractivity contribution >= 4 is 28.6 Å². The molecule has 0 unspecified atom stereocenters. The van der Waals surface area contributed by atoms with Crippen LogP contribution in [0.15, 0.2) is 50.2 Å². The van der Waals surface area contributed by atoms with Gasteiger partial charge in [0.1, 0.15) is 12.3 Å². The van der Waals surface area contributed by atoms with Gasteiger partial charge in [0.05, 0.1) is 17.8 Å². The number of nitrogens with zero attached hydrogens (tertiary/aromatic N) is 1. The molecule has 3 rings (SSSR count). The maximum Gasteiger partial charge on any atom is 0.420 e. The van der Waals surface area contributed by atoms with Crippen LogP contribution in [0.5, 0.6) is 0 Å². The number of rotatable bonds is 4. The predicted molar refractivity (Wildman–Crippen MR) is 80.7 cm³/mol. The third-order valence-corrected chi connectivity index (χ3v) is 3.51. The molecule has 0 radical (unpaired) electrons. The van der Waals surface area contributed by atoms with Crippen molar-refractivity contribution in [3.63, 3.8) is 0 Å². The average molecular weight is 321 g/mol. The first kappa shape index (κ1) is 14.5. The zero-order valence-corrected chi connectivity index (χ0v) is 12.5. The Morgan fingerprint density at radius 1 is 1.41 bits per heavy atom. The lowest BCUT2D eigenvalue weighted by Crippen LogP contribution is -2.32. The van der Waals surface area contributed by atoms with E-state index in [0.717, 1.165) is 0 Å². The Balaban J connectivity index is 1.79. The summed E-state index contributed by atoms with van der Waals surface area (Å²) in [5.74, 6) is -0.272. The van der Waals surface area contributed by atoms with Crippen molar-refractivity contribution in [2.75, 3.05) is 0 Å². The molecule has 0 aliphatic carbocycles. The molecule has 2 aromatic heterocycles. The Morgan fingerprint density at radius 3 is 2.95 bits per heavy atom. The van der Waals surface area contributed by atoms with Crippen LogP contribution in [0.2, 0.25) is 5.02 Å². The molecule has 0 bridgehead atoms. The van der Waals surface area contributed by atoms with Gasteiger partial charge in [-0.15, -0.1) is 0 Å². The molecule has 1 amide bonds. The van der Waals surface area contributed by atoms with Crippen LogP contribution < -0.4 is 11.1 Å². The van der Waals surface area contributed by atoms with Gasteiger partial charge in [-0.2, -0.15) is 0 Å². The maximum absolute atomic E-state index is 12.1.